The molecule has 112 valence electrons. The molecule has 0 saturated heterocycles. The fourth-order valence-corrected chi connectivity index (χ4v) is 2.29. The van der Waals surface area contributed by atoms with E-state index >= 15 is 0 Å². The quantitative estimate of drug-likeness (QED) is 0.670. The maximum absolute atomic E-state index is 12.0. The van der Waals surface area contributed by atoms with Crippen LogP contribution in [0.1, 0.15) is 12.5 Å². The van der Waals surface area contributed by atoms with Gasteiger partial charge in [0.25, 0.3) is 10.0 Å². The van der Waals surface area contributed by atoms with Crippen LogP contribution in [0.5, 0.6) is 0 Å². The van der Waals surface area contributed by atoms with Gasteiger partial charge in [-0.3, -0.25) is 0 Å². The van der Waals surface area contributed by atoms with E-state index < -0.39 is 22.2 Å². The van der Waals surface area contributed by atoms with Crippen molar-refractivity contribution >= 4 is 16.1 Å². The number of hydrogen-bond acceptors (Lipinski definition) is 4. The van der Waals surface area contributed by atoms with Crippen LogP contribution in [0.2, 0.25) is 0 Å². The molecule has 1 aromatic rings. The second kappa shape index (κ2) is 6.92. The summed E-state index contributed by atoms with van der Waals surface area (Å²) in [5.74, 6) is 0. The molecule has 0 heterocycles. The zero-order chi connectivity index (χ0) is 16.0. The number of rotatable bonds is 5. The zero-order valence-electron chi connectivity index (χ0n) is 11.9. The molecule has 1 N–H and O–H groups in total. The molecule has 1 rings (SSSR count). The first-order chi connectivity index (χ1) is 9.76. The average molecular weight is 307 g/mol. The summed E-state index contributed by atoms with van der Waals surface area (Å²) in [6.45, 7) is 10.5. The number of aryl methyl sites for hydroxylation is 1. The molecule has 0 aromatic heterocycles. The minimum atomic E-state index is -3.97. The van der Waals surface area contributed by atoms with Gasteiger partial charge in [-0.2, -0.15) is 0 Å². The van der Waals surface area contributed by atoms with Gasteiger partial charge < -0.3 is 4.74 Å². The van der Waals surface area contributed by atoms with Gasteiger partial charge in [0.15, 0.2) is 0 Å². The Morgan fingerprint density at radius 2 is 1.95 bits per heavy atom. The van der Waals surface area contributed by atoms with Crippen LogP contribution in [0.25, 0.3) is 0 Å². The summed E-state index contributed by atoms with van der Waals surface area (Å²) < 4.78 is 30.8. The third kappa shape index (κ3) is 4.95. The van der Waals surface area contributed by atoms with Crippen molar-refractivity contribution in [1.29, 1.82) is 0 Å². The maximum Gasteiger partial charge on any atom is 0.422 e. The van der Waals surface area contributed by atoms with Crippen LogP contribution in [0.3, 0.4) is 0 Å². The van der Waals surface area contributed by atoms with Gasteiger partial charge in [0.2, 0.25) is 0 Å². The Morgan fingerprint density at radius 1 is 1.38 bits per heavy atom. The van der Waals surface area contributed by atoms with E-state index in [1.165, 1.54) is 18.2 Å². The van der Waals surface area contributed by atoms with Gasteiger partial charge in [0, 0.05) is 6.08 Å². The Balaban J connectivity index is 2.84. The van der Waals surface area contributed by atoms with Crippen molar-refractivity contribution in [3.05, 3.63) is 60.4 Å². The average Bonchev–Trinajstić information content (AvgIpc) is 2.37. The highest BCUT2D eigenvalue weighted by Crippen LogP contribution is 2.11. The molecule has 6 heteroatoms. The van der Waals surface area contributed by atoms with Crippen molar-refractivity contribution in [1.82, 2.24) is 4.72 Å². The summed E-state index contributed by atoms with van der Waals surface area (Å²) in [4.78, 5) is 11.6. The van der Waals surface area contributed by atoms with E-state index in [0.717, 1.165) is 5.56 Å². The topological polar surface area (TPSA) is 72.5 Å². The Labute approximate surface area is 124 Å². The predicted octanol–water partition coefficient (Wildman–Crippen LogP) is 2.70. The van der Waals surface area contributed by atoms with Crippen LogP contribution in [0.15, 0.2) is 59.7 Å². The summed E-state index contributed by atoms with van der Waals surface area (Å²) in [7, 11) is -3.97. The van der Waals surface area contributed by atoms with Crippen LogP contribution in [-0.4, -0.2) is 20.6 Å². The monoisotopic (exact) mass is 307 g/mol. The summed E-state index contributed by atoms with van der Waals surface area (Å²) >= 11 is 0. The van der Waals surface area contributed by atoms with Gasteiger partial charge >= 0.3 is 6.09 Å². The van der Waals surface area contributed by atoms with Crippen molar-refractivity contribution in [3.63, 3.8) is 0 Å². The van der Waals surface area contributed by atoms with Crippen LogP contribution < -0.4 is 4.72 Å². The number of benzene rings is 1. The molecule has 0 bridgehead atoms. The van der Waals surface area contributed by atoms with Crippen molar-refractivity contribution in [3.8, 4) is 0 Å². The van der Waals surface area contributed by atoms with Gasteiger partial charge in [-0.15, -0.1) is 5.73 Å². The molecule has 5 nitrogen and oxygen atoms in total. The molecule has 0 fully saturated rings. The Hall–Kier alpha value is -2.30. The molecule has 0 saturated carbocycles. The molecule has 0 radical (unpaired) electrons. The fourth-order valence-electron chi connectivity index (χ4n) is 1.41. The summed E-state index contributed by atoms with van der Waals surface area (Å²) in [5.41, 5.74) is 3.90. The molecule has 21 heavy (non-hydrogen) atoms. The first-order valence-corrected chi connectivity index (χ1v) is 7.56. The summed E-state index contributed by atoms with van der Waals surface area (Å²) in [5, 5.41) is 0. The number of amides is 1. The third-order valence-electron chi connectivity index (χ3n) is 2.54. The SMILES string of the molecule is C=C=CC(OC(=O)NS(=O)(=O)c1ccc(C)cc1)C(=C)C. The van der Waals surface area contributed by atoms with Crippen LogP contribution >= 0.6 is 0 Å². The van der Waals surface area contributed by atoms with E-state index in [0.29, 0.717) is 5.57 Å². The molecule has 0 spiro atoms. The van der Waals surface area contributed by atoms with Gasteiger partial charge in [0.05, 0.1) is 4.90 Å². The Kier molecular flexibility index (Phi) is 5.52. The Morgan fingerprint density at radius 3 is 2.43 bits per heavy atom. The van der Waals surface area contributed by atoms with Crippen molar-refractivity contribution in [2.24, 2.45) is 0 Å². The minimum Gasteiger partial charge on any atom is -0.436 e. The smallest absolute Gasteiger partial charge is 0.422 e. The number of carbonyl (C=O) groups excluding carboxylic acids is 1. The van der Waals surface area contributed by atoms with Crippen LogP contribution in [-0.2, 0) is 14.8 Å². The molecule has 1 amide bonds. The number of carbonyl (C=O) groups is 1. The lowest BCUT2D eigenvalue weighted by Gasteiger charge is -2.14. The van der Waals surface area contributed by atoms with Crippen LogP contribution in [0.4, 0.5) is 4.79 Å². The molecule has 0 aliphatic rings. The number of hydrogen-bond donors (Lipinski definition) is 1. The zero-order valence-corrected chi connectivity index (χ0v) is 12.7. The molecule has 1 atom stereocenters. The normalized spacial score (nSPS) is 11.9. The minimum absolute atomic E-state index is 0.0174. The predicted molar refractivity (Wildman–Crippen MR) is 80.3 cm³/mol. The first-order valence-electron chi connectivity index (χ1n) is 6.07. The van der Waals surface area contributed by atoms with E-state index in [-0.39, 0.29) is 4.90 Å². The standard InChI is InChI=1S/C15H17NO4S/c1-5-6-14(11(2)3)20-15(17)16-21(18,19)13-9-7-12(4)8-10-13/h6-10,14H,1-2H2,3-4H3,(H,16,17). The van der Waals surface area contributed by atoms with Crippen molar-refractivity contribution in [2.75, 3.05) is 0 Å². The molecule has 0 aliphatic heterocycles. The summed E-state index contributed by atoms with van der Waals surface area (Å²) in [6.07, 6.45) is -0.494. The molecule has 0 aliphatic carbocycles. The highest BCUT2D eigenvalue weighted by atomic mass is 32.2. The number of sulfonamides is 1. The lowest BCUT2D eigenvalue weighted by Crippen LogP contribution is -2.33. The van der Waals surface area contributed by atoms with Gasteiger partial charge in [-0.1, -0.05) is 30.9 Å². The highest BCUT2D eigenvalue weighted by molar-refractivity contribution is 7.90. The van der Waals surface area contributed by atoms with Gasteiger partial charge in [-0.05, 0) is 31.6 Å². The second-order valence-electron chi connectivity index (χ2n) is 4.46. The molecule has 1 aromatic carbocycles. The first kappa shape index (κ1) is 16.8. The Bertz CT molecular complexity index is 681. The summed E-state index contributed by atoms with van der Waals surface area (Å²) in [6, 6.07) is 6.09. The maximum atomic E-state index is 12.0. The van der Waals surface area contributed by atoms with Gasteiger partial charge in [0.1, 0.15) is 6.10 Å². The number of nitrogens with one attached hydrogen (secondary N) is 1. The van der Waals surface area contributed by atoms with E-state index in [2.05, 4.69) is 18.9 Å². The van der Waals surface area contributed by atoms with E-state index in [1.54, 1.807) is 19.1 Å². The van der Waals surface area contributed by atoms with Gasteiger partial charge in [-0.25, -0.2) is 17.9 Å². The molecular formula is C15H17NO4S. The van der Waals surface area contributed by atoms with Crippen molar-refractivity contribution < 1.29 is 17.9 Å². The fraction of sp³-hybridized carbons (Fsp3) is 0.200. The van der Waals surface area contributed by atoms with Crippen LogP contribution in [0, 0.1) is 6.92 Å². The van der Waals surface area contributed by atoms with E-state index in [4.69, 9.17) is 4.74 Å². The lowest BCUT2D eigenvalue weighted by atomic mass is 10.2. The molecule has 1 unspecified atom stereocenters. The van der Waals surface area contributed by atoms with E-state index in [9.17, 15) is 13.2 Å². The van der Waals surface area contributed by atoms with E-state index in [1.807, 2.05) is 11.6 Å². The molecular weight excluding hydrogens is 290 g/mol. The second-order valence-corrected chi connectivity index (χ2v) is 6.14. The highest BCUT2D eigenvalue weighted by Gasteiger charge is 2.20. The van der Waals surface area contributed by atoms with Crippen molar-refractivity contribution in [2.45, 2.75) is 24.8 Å². The third-order valence-corrected chi connectivity index (χ3v) is 3.87. The largest absolute Gasteiger partial charge is 0.436 e. The number of ether oxygens (including phenoxy) is 1. The lowest BCUT2D eigenvalue weighted by molar-refractivity contribution is 0.139.